The third kappa shape index (κ3) is 3.38. The standard InChI is InChI=1S/C15H27N3O2/c1-3-9-12(16)13-17-14(18-20-13)15(19-4-2)10-7-5-6-8-11-15/h12H,3-11,16H2,1-2H3. The Morgan fingerprint density at radius 1 is 1.25 bits per heavy atom. The summed E-state index contributed by atoms with van der Waals surface area (Å²) in [4.78, 5) is 4.56. The zero-order chi connectivity index (χ0) is 14.4. The molecule has 1 aromatic rings. The summed E-state index contributed by atoms with van der Waals surface area (Å²) >= 11 is 0. The van der Waals surface area contributed by atoms with Crippen molar-refractivity contribution < 1.29 is 9.26 Å². The molecule has 1 aliphatic carbocycles. The average Bonchev–Trinajstić information content (AvgIpc) is 2.82. The molecule has 1 heterocycles. The lowest BCUT2D eigenvalue weighted by Crippen LogP contribution is -2.31. The summed E-state index contributed by atoms with van der Waals surface area (Å²) in [7, 11) is 0. The van der Waals surface area contributed by atoms with Gasteiger partial charge < -0.3 is 15.0 Å². The van der Waals surface area contributed by atoms with Crippen molar-refractivity contribution >= 4 is 0 Å². The van der Waals surface area contributed by atoms with Crippen molar-refractivity contribution in [1.82, 2.24) is 10.1 Å². The van der Waals surface area contributed by atoms with Gasteiger partial charge in [0.05, 0.1) is 6.04 Å². The third-order valence-electron chi connectivity index (χ3n) is 4.10. The molecule has 0 bridgehead atoms. The Morgan fingerprint density at radius 3 is 2.55 bits per heavy atom. The van der Waals surface area contributed by atoms with E-state index >= 15 is 0 Å². The van der Waals surface area contributed by atoms with Crippen LogP contribution < -0.4 is 5.73 Å². The van der Waals surface area contributed by atoms with Crippen LogP contribution in [0.25, 0.3) is 0 Å². The topological polar surface area (TPSA) is 74.2 Å². The Bertz CT molecular complexity index is 398. The van der Waals surface area contributed by atoms with Crippen molar-refractivity contribution in [3.8, 4) is 0 Å². The summed E-state index contributed by atoms with van der Waals surface area (Å²) in [6, 6.07) is -0.161. The molecule has 0 amide bonds. The molecule has 1 unspecified atom stereocenters. The van der Waals surface area contributed by atoms with Gasteiger partial charge >= 0.3 is 0 Å². The molecule has 1 fully saturated rings. The highest BCUT2D eigenvalue weighted by molar-refractivity contribution is 5.04. The fraction of sp³-hybridized carbons (Fsp3) is 0.867. The van der Waals surface area contributed by atoms with Gasteiger partial charge in [-0.15, -0.1) is 0 Å². The van der Waals surface area contributed by atoms with Crippen molar-refractivity contribution in [3.63, 3.8) is 0 Å². The summed E-state index contributed by atoms with van der Waals surface area (Å²) in [6.07, 6.45) is 8.66. The molecule has 1 saturated carbocycles. The van der Waals surface area contributed by atoms with E-state index in [9.17, 15) is 0 Å². The van der Waals surface area contributed by atoms with E-state index in [0.29, 0.717) is 18.3 Å². The Kier molecular flexibility index (Phi) is 5.54. The molecule has 1 aromatic heterocycles. The molecule has 20 heavy (non-hydrogen) atoms. The Hall–Kier alpha value is -0.940. The van der Waals surface area contributed by atoms with Crippen LogP contribution >= 0.6 is 0 Å². The molecule has 2 N–H and O–H groups in total. The molecule has 5 heteroatoms. The minimum absolute atomic E-state index is 0.161. The van der Waals surface area contributed by atoms with Crippen LogP contribution in [0.2, 0.25) is 0 Å². The van der Waals surface area contributed by atoms with Crippen LogP contribution in [0.4, 0.5) is 0 Å². The van der Waals surface area contributed by atoms with E-state index in [-0.39, 0.29) is 11.6 Å². The molecule has 0 saturated heterocycles. The summed E-state index contributed by atoms with van der Waals surface area (Å²) in [5.41, 5.74) is 5.70. The zero-order valence-electron chi connectivity index (χ0n) is 12.7. The van der Waals surface area contributed by atoms with Gasteiger partial charge in [-0.1, -0.05) is 44.2 Å². The zero-order valence-corrected chi connectivity index (χ0v) is 12.7. The normalized spacial score (nSPS) is 20.6. The second kappa shape index (κ2) is 7.18. The van der Waals surface area contributed by atoms with Crippen LogP contribution in [0.3, 0.4) is 0 Å². The van der Waals surface area contributed by atoms with Crippen molar-refractivity contribution in [2.75, 3.05) is 6.61 Å². The summed E-state index contributed by atoms with van der Waals surface area (Å²) < 4.78 is 11.4. The number of nitrogens with zero attached hydrogens (tertiary/aromatic N) is 2. The van der Waals surface area contributed by atoms with E-state index in [2.05, 4.69) is 17.1 Å². The van der Waals surface area contributed by atoms with Gasteiger partial charge in [0.1, 0.15) is 5.60 Å². The highest BCUT2D eigenvalue weighted by atomic mass is 16.5. The van der Waals surface area contributed by atoms with Gasteiger partial charge in [-0.05, 0) is 26.2 Å². The molecule has 0 spiro atoms. The van der Waals surface area contributed by atoms with Crippen molar-refractivity contribution in [2.24, 2.45) is 5.73 Å². The van der Waals surface area contributed by atoms with Crippen LogP contribution in [-0.2, 0) is 10.3 Å². The number of ether oxygens (including phenoxy) is 1. The molecule has 2 rings (SSSR count). The number of aromatic nitrogens is 2. The quantitative estimate of drug-likeness (QED) is 0.808. The lowest BCUT2D eigenvalue weighted by atomic mass is 9.93. The monoisotopic (exact) mass is 281 g/mol. The van der Waals surface area contributed by atoms with Crippen LogP contribution in [0.15, 0.2) is 4.52 Å². The third-order valence-corrected chi connectivity index (χ3v) is 4.10. The molecule has 1 atom stereocenters. The fourth-order valence-electron chi connectivity index (χ4n) is 3.01. The van der Waals surface area contributed by atoms with Crippen LogP contribution in [-0.4, -0.2) is 16.7 Å². The SMILES string of the molecule is CCCC(N)c1nc(C2(OCC)CCCCCC2)no1. The minimum atomic E-state index is -0.362. The summed E-state index contributed by atoms with van der Waals surface area (Å²) in [6.45, 7) is 4.80. The smallest absolute Gasteiger partial charge is 0.243 e. The van der Waals surface area contributed by atoms with E-state index in [0.717, 1.165) is 38.5 Å². The van der Waals surface area contributed by atoms with E-state index in [4.69, 9.17) is 15.0 Å². The van der Waals surface area contributed by atoms with E-state index in [1.807, 2.05) is 6.92 Å². The first-order chi connectivity index (χ1) is 9.72. The van der Waals surface area contributed by atoms with Crippen molar-refractivity contribution in [3.05, 3.63) is 11.7 Å². The predicted octanol–water partition coefficient (Wildman–Crippen LogP) is 3.46. The van der Waals surface area contributed by atoms with Gasteiger partial charge in [-0.3, -0.25) is 0 Å². The minimum Gasteiger partial charge on any atom is -0.367 e. The molecule has 0 aliphatic heterocycles. The molecule has 114 valence electrons. The van der Waals surface area contributed by atoms with E-state index in [1.54, 1.807) is 0 Å². The highest BCUT2D eigenvalue weighted by Crippen LogP contribution is 2.38. The Morgan fingerprint density at radius 2 is 1.95 bits per heavy atom. The Labute approximate surface area is 121 Å². The maximum Gasteiger partial charge on any atom is 0.243 e. The van der Waals surface area contributed by atoms with Crippen molar-refractivity contribution in [1.29, 1.82) is 0 Å². The lowest BCUT2D eigenvalue weighted by Gasteiger charge is -2.29. The van der Waals surface area contributed by atoms with Gasteiger partial charge in [-0.25, -0.2) is 0 Å². The lowest BCUT2D eigenvalue weighted by molar-refractivity contribution is -0.0636. The largest absolute Gasteiger partial charge is 0.367 e. The van der Waals surface area contributed by atoms with Gasteiger partial charge in [-0.2, -0.15) is 4.98 Å². The maximum absolute atomic E-state index is 6.06. The molecule has 5 nitrogen and oxygen atoms in total. The summed E-state index contributed by atoms with van der Waals surface area (Å²) in [5.74, 6) is 1.24. The molecule has 1 aliphatic rings. The van der Waals surface area contributed by atoms with Crippen LogP contribution in [0.1, 0.15) is 83.0 Å². The molecular weight excluding hydrogens is 254 g/mol. The Balaban J connectivity index is 2.20. The van der Waals surface area contributed by atoms with Crippen LogP contribution in [0, 0.1) is 0 Å². The number of rotatable bonds is 6. The van der Waals surface area contributed by atoms with Gasteiger partial charge in [0.2, 0.25) is 11.7 Å². The van der Waals surface area contributed by atoms with Crippen LogP contribution in [0.5, 0.6) is 0 Å². The number of nitrogens with two attached hydrogens (primary N) is 1. The molecule has 0 radical (unpaired) electrons. The van der Waals surface area contributed by atoms with E-state index in [1.165, 1.54) is 12.8 Å². The summed E-state index contributed by atoms with van der Waals surface area (Å²) in [5, 5.41) is 4.18. The maximum atomic E-state index is 6.06. The predicted molar refractivity (Wildman–Crippen MR) is 77.1 cm³/mol. The number of hydrogen-bond acceptors (Lipinski definition) is 5. The first kappa shape index (κ1) is 15.4. The second-order valence-electron chi connectivity index (χ2n) is 5.69. The second-order valence-corrected chi connectivity index (χ2v) is 5.69. The highest BCUT2D eigenvalue weighted by Gasteiger charge is 2.38. The van der Waals surface area contributed by atoms with Crippen molar-refractivity contribution in [2.45, 2.75) is 76.9 Å². The average molecular weight is 281 g/mol. The van der Waals surface area contributed by atoms with Gasteiger partial charge in [0.15, 0.2) is 0 Å². The first-order valence-corrected chi connectivity index (χ1v) is 7.95. The van der Waals surface area contributed by atoms with Gasteiger partial charge in [0, 0.05) is 6.61 Å². The molecular formula is C15H27N3O2. The molecule has 0 aromatic carbocycles. The van der Waals surface area contributed by atoms with Gasteiger partial charge in [0.25, 0.3) is 0 Å². The first-order valence-electron chi connectivity index (χ1n) is 7.95. The number of hydrogen-bond donors (Lipinski definition) is 1. The fourth-order valence-corrected chi connectivity index (χ4v) is 3.01. The van der Waals surface area contributed by atoms with E-state index < -0.39 is 0 Å².